The van der Waals surface area contributed by atoms with Gasteiger partial charge in [0.15, 0.2) is 0 Å². The van der Waals surface area contributed by atoms with Crippen molar-refractivity contribution in [1.29, 1.82) is 0 Å². The molecule has 38 heavy (non-hydrogen) atoms. The third kappa shape index (κ3) is 7.72. The van der Waals surface area contributed by atoms with E-state index in [0.717, 1.165) is 5.56 Å². The Morgan fingerprint density at radius 2 is 1.66 bits per heavy atom. The molecule has 0 bridgehead atoms. The molecule has 0 aliphatic heterocycles. The molecule has 2 aromatic carbocycles. The van der Waals surface area contributed by atoms with E-state index < -0.39 is 30.4 Å². The molecular weight excluding hydrogens is 489 g/mol. The Balaban J connectivity index is 1.88. The molecule has 0 aliphatic rings. The van der Waals surface area contributed by atoms with Crippen LogP contribution in [0.25, 0.3) is 11.4 Å². The summed E-state index contributed by atoms with van der Waals surface area (Å²) in [6, 6.07) is 15.7. The van der Waals surface area contributed by atoms with Gasteiger partial charge in [0.1, 0.15) is 17.3 Å². The van der Waals surface area contributed by atoms with E-state index in [0.29, 0.717) is 23.6 Å². The van der Waals surface area contributed by atoms with Crippen molar-refractivity contribution in [2.45, 2.75) is 70.6 Å². The summed E-state index contributed by atoms with van der Waals surface area (Å²) in [4.78, 5) is 28.9. The van der Waals surface area contributed by atoms with Crippen molar-refractivity contribution in [2.75, 3.05) is 6.54 Å². The zero-order valence-corrected chi connectivity index (χ0v) is 22.0. The Hall–Kier alpha value is -3.56. The number of halogens is 1. The summed E-state index contributed by atoms with van der Waals surface area (Å²) in [6.07, 6.45) is -2.47. The molecule has 8 nitrogen and oxygen atoms in total. The lowest BCUT2D eigenvalue weighted by molar-refractivity contribution is -0.139. The molecule has 4 N–H and O–H groups in total. The molecule has 0 radical (unpaired) electrons. The minimum Gasteiger partial charge on any atom is -0.481 e. The first-order valence-corrected chi connectivity index (χ1v) is 12.8. The average molecular weight is 526 g/mol. The van der Waals surface area contributed by atoms with Crippen molar-refractivity contribution in [3.8, 4) is 11.4 Å². The molecule has 0 saturated heterocycles. The monoisotopic (exact) mass is 525 g/mol. The van der Waals surface area contributed by atoms with Crippen LogP contribution in [-0.2, 0) is 11.3 Å². The number of hydrogen-bond acceptors (Lipinski definition) is 5. The van der Waals surface area contributed by atoms with Gasteiger partial charge in [-0.1, -0.05) is 51.1 Å². The van der Waals surface area contributed by atoms with Gasteiger partial charge in [-0.15, -0.1) is 0 Å². The van der Waals surface area contributed by atoms with Gasteiger partial charge in [0.25, 0.3) is 5.91 Å². The van der Waals surface area contributed by atoms with Crippen molar-refractivity contribution < 1.29 is 29.3 Å². The second kappa shape index (κ2) is 13.3. The van der Waals surface area contributed by atoms with E-state index in [1.807, 2.05) is 55.7 Å². The number of hydrogen-bond donors (Lipinski definition) is 4. The lowest BCUT2D eigenvalue weighted by Gasteiger charge is -2.19. The van der Waals surface area contributed by atoms with E-state index in [4.69, 9.17) is 5.11 Å². The van der Waals surface area contributed by atoms with E-state index in [2.05, 4.69) is 10.3 Å². The minimum atomic E-state index is -1.17. The second-order valence-corrected chi connectivity index (χ2v) is 9.93. The number of aromatic nitrogens is 2. The highest BCUT2D eigenvalue weighted by atomic mass is 19.1. The number of nitrogens with one attached hydrogen (secondary N) is 1. The fourth-order valence-corrected chi connectivity index (χ4v) is 4.49. The van der Waals surface area contributed by atoms with Crippen LogP contribution < -0.4 is 5.32 Å². The molecule has 0 fully saturated rings. The summed E-state index contributed by atoms with van der Waals surface area (Å²) in [6.45, 7) is 6.60. The summed E-state index contributed by atoms with van der Waals surface area (Å²) >= 11 is 0. The van der Waals surface area contributed by atoms with Gasteiger partial charge in [-0.2, -0.15) is 0 Å². The number of aliphatic carboxylic acids is 1. The third-order valence-corrected chi connectivity index (χ3v) is 6.45. The maximum atomic E-state index is 13.6. The molecule has 204 valence electrons. The van der Waals surface area contributed by atoms with E-state index in [1.54, 1.807) is 12.1 Å². The predicted molar refractivity (Wildman–Crippen MR) is 142 cm³/mol. The summed E-state index contributed by atoms with van der Waals surface area (Å²) in [5.74, 6) is -1.40. The van der Waals surface area contributed by atoms with Crippen LogP contribution >= 0.6 is 0 Å². The first kappa shape index (κ1) is 29.0. The van der Waals surface area contributed by atoms with Gasteiger partial charge in [0.05, 0.1) is 24.3 Å². The molecule has 0 saturated carbocycles. The first-order valence-electron chi connectivity index (χ1n) is 12.8. The summed E-state index contributed by atoms with van der Waals surface area (Å²) < 4.78 is 15.5. The normalized spacial score (nSPS) is 13.8. The number of carbonyl (C=O) groups is 2. The summed E-state index contributed by atoms with van der Waals surface area (Å²) in [5, 5.41) is 32.2. The number of imidazole rings is 1. The molecule has 0 unspecified atom stereocenters. The number of amides is 1. The quantitative estimate of drug-likeness (QED) is 0.263. The topological polar surface area (TPSA) is 125 Å². The second-order valence-electron chi connectivity index (χ2n) is 9.93. The largest absolute Gasteiger partial charge is 0.481 e. The zero-order chi connectivity index (χ0) is 27.8. The van der Waals surface area contributed by atoms with Crippen LogP contribution in [0, 0.1) is 5.82 Å². The Labute approximate surface area is 222 Å². The molecule has 3 atom stereocenters. The number of carbonyl (C=O) groups excluding carboxylic acids is 1. The lowest BCUT2D eigenvalue weighted by Crippen LogP contribution is -2.29. The highest BCUT2D eigenvalue weighted by molar-refractivity contribution is 5.94. The SMILES string of the molecule is CC(C)c1c(C(=O)NC[C@@H](C)c2ccccc2)nc(-c2ccc(F)cc2)n1CC[C@@H](O)C[C@@H](O)CC(=O)O. The zero-order valence-electron chi connectivity index (χ0n) is 22.0. The minimum absolute atomic E-state index is 0.0887. The van der Waals surface area contributed by atoms with Crippen molar-refractivity contribution in [3.63, 3.8) is 0 Å². The Bertz CT molecular complexity index is 1210. The first-order chi connectivity index (χ1) is 18.1. The molecular formula is C29H36FN3O5. The molecule has 9 heteroatoms. The number of aliphatic hydroxyl groups excluding tert-OH is 2. The van der Waals surface area contributed by atoms with E-state index >= 15 is 0 Å². The maximum Gasteiger partial charge on any atom is 0.305 e. The van der Waals surface area contributed by atoms with Crippen molar-refractivity contribution in [3.05, 3.63) is 77.4 Å². The summed E-state index contributed by atoms with van der Waals surface area (Å²) in [7, 11) is 0. The van der Waals surface area contributed by atoms with Crippen LogP contribution in [-0.4, -0.2) is 55.5 Å². The van der Waals surface area contributed by atoms with Gasteiger partial charge in [0.2, 0.25) is 0 Å². The van der Waals surface area contributed by atoms with Crippen LogP contribution in [0.2, 0.25) is 0 Å². The van der Waals surface area contributed by atoms with Crippen molar-refractivity contribution in [1.82, 2.24) is 14.9 Å². The number of carboxylic acids is 1. The molecule has 1 amide bonds. The molecule has 1 heterocycles. The van der Waals surface area contributed by atoms with Crippen LogP contribution in [0.4, 0.5) is 4.39 Å². The van der Waals surface area contributed by atoms with Gasteiger partial charge in [-0.3, -0.25) is 9.59 Å². The fraction of sp³-hybridized carbons (Fsp3) is 0.414. The number of nitrogens with zero attached hydrogens (tertiary/aromatic N) is 2. The van der Waals surface area contributed by atoms with Crippen LogP contribution in [0.15, 0.2) is 54.6 Å². The standard InChI is InChI=1S/C29H36FN3O5/c1-18(2)27-26(29(38)31-17-19(3)20-7-5-4-6-8-20)32-28(21-9-11-22(30)12-10-21)33(27)14-13-23(34)15-24(35)16-25(36)37/h4-12,18-19,23-24,34-35H,13-17H2,1-3H3,(H,31,38)(H,36,37)/t19-,23-,24-/m1/s1. The Morgan fingerprint density at radius 3 is 2.26 bits per heavy atom. The molecule has 1 aromatic heterocycles. The highest BCUT2D eigenvalue weighted by Crippen LogP contribution is 2.29. The molecule has 0 spiro atoms. The van der Waals surface area contributed by atoms with E-state index in [9.17, 15) is 24.2 Å². The number of benzene rings is 2. The van der Waals surface area contributed by atoms with E-state index in [-0.39, 0.29) is 42.8 Å². The number of aliphatic hydroxyl groups is 2. The average Bonchev–Trinajstić information content (AvgIpc) is 3.26. The number of carboxylic acid groups (broad SMARTS) is 1. The van der Waals surface area contributed by atoms with Gasteiger partial charge in [0, 0.05) is 18.7 Å². The summed E-state index contributed by atoms with van der Waals surface area (Å²) in [5.41, 5.74) is 2.66. The number of rotatable bonds is 13. The highest BCUT2D eigenvalue weighted by Gasteiger charge is 2.26. The maximum absolute atomic E-state index is 13.6. The molecule has 3 aromatic rings. The van der Waals surface area contributed by atoms with Gasteiger partial charge < -0.3 is 25.2 Å². The Morgan fingerprint density at radius 1 is 1.00 bits per heavy atom. The van der Waals surface area contributed by atoms with E-state index in [1.165, 1.54) is 12.1 Å². The van der Waals surface area contributed by atoms with Crippen molar-refractivity contribution >= 4 is 11.9 Å². The van der Waals surface area contributed by atoms with Gasteiger partial charge in [-0.05, 0) is 54.5 Å². The third-order valence-electron chi connectivity index (χ3n) is 6.45. The molecule has 3 rings (SSSR count). The fourth-order valence-electron chi connectivity index (χ4n) is 4.49. The van der Waals surface area contributed by atoms with Crippen LogP contribution in [0.1, 0.15) is 73.6 Å². The lowest BCUT2D eigenvalue weighted by atomic mass is 10.0. The smallest absolute Gasteiger partial charge is 0.305 e. The Kier molecular flexibility index (Phi) is 10.2. The van der Waals surface area contributed by atoms with Crippen LogP contribution in [0.5, 0.6) is 0 Å². The van der Waals surface area contributed by atoms with Gasteiger partial charge >= 0.3 is 5.97 Å². The predicted octanol–water partition coefficient (Wildman–Crippen LogP) is 4.32. The molecule has 0 aliphatic carbocycles. The van der Waals surface area contributed by atoms with Gasteiger partial charge in [-0.25, -0.2) is 9.37 Å². The van der Waals surface area contributed by atoms with Crippen LogP contribution in [0.3, 0.4) is 0 Å². The van der Waals surface area contributed by atoms with Crippen molar-refractivity contribution in [2.24, 2.45) is 0 Å².